The number of hydrogen-bond acceptors (Lipinski definition) is 3. The van der Waals surface area contributed by atoms with Crippen molar-refractivity contribution in [1.82, 2.24) is 14.9 Å². The van der Waals surface area contributed by atoms with Crippen LogP contribution in [-0.4, -0.2) is 45.3 Å². The second kappa shape index (κ2) is 6.49. The summed E-state index contributed by atoms with van der Waals surface area (Å²) in [6.07, 6.45) is -5.53. The first-order valence-electron chi connectivity index (χ1n) is 5.49. The Morgan fingerprint density at radius 1 is 1.36 bits per heavy atom. The maximum Gasteiger partial charge on any atom is 0.449 e. The number of carbonyl (C=O) groups is 1. The van der Waals surface area contributed by atoms with Gasteiger partial charge in [-0.1, -0.05) is 23.2 Å². The zero-order valence-corrected chi connectivity index (χ0v) is 12.7. The fourth-order valence-corrected chi connectivity index (χ4v) is 1.56. The average molecular weight is 360 g/mol. The van der Waals surface area contributed by atoms with E-state index >= 15 is 0 Å². The normalized spacial score (nSPS) is 11.0. The second-order valence-electron chi connectivity index (χ2n) is 4.18. The van der Waals surface area contributed by atoms with Crippen LogP contribution in [0.1, 0.15) is 5.82 Å². The topological polar surface area (TPSA) is 89.5 Å². The predicted molar refractivity (Wildman–Crippen MR) is 74.5 cm³/mol. The number of aromatic hydroxyl groups is 1. The monoisotopic (exact) mass is 359 g/mol. The van der Waals surface area contributed by atoms with Crippen LogP contribution in [0.25, 0.3) is 11.0 Å². The molecule has 0 aliphatic carbocycles. The molecule has 0 atom stereocenters. The molecule has 0 aliphatic rings. The van der Waals surface area contributed by atoms with Gasteiger partial charge in [0, 0.05) is 14.1 Å². The first-order valence-corrected chi connectivity index (χ1v) is 6.24. The SMILES string of the molecule is CN(C)C(=O)O.Oc1c(Cl)c(Cl)cc2[nH]c(C(F)(F)F)nc12. The van der Waals surface area contributed by atoms with Crippen LogP contribution in [0.3, 0.4) is 0 Å². The van der Waals surface area contributed by atoms with Crippen LogP contribution in [0, 0.1) is 0 Å². The summed E-state index contributed by atoms with van der Waals surface area (Å²) < 4.78 is 37.0. The summed E-state index contributed by atoms with van der Waals surface area (Å²) in [6.45, 7) is 0. The van der Waals surface area contributed by atoms with Crippen molar-refractivity contribution in [2.75, 3.05) is 14.1 Å². The lowest BCUT2D eigenvalue weighted by Crippen LogP contribution is -2.18. The molecule has 1 aromatic heterocycles. The van der Waals surface area contributed by atoms with Crippen molar-refractivity contribution in [2.45, 2.75) is 6.18 Å². The second-order valence-corrected chi connectivity index (χ2v) is 4.96. The number of benzene rings is 1. The van der Waals surface area contributed by atoms with Gasteiger partial charge in [-0.15, -0.1) is 0 Å². The van der Waals surface area contributed by atoms with E-state index in [1.54, 1.807) is 0 Å². The minimum Gasteiger partial charge on any atom is -0.504 e. The molecule has 2 aromatic rings. The lowest BCUT2D eigenvalue weighted by molar-refractivity contribution is -0.144. The number of amides is 1. The molecule has 0 saturated carbocycles. The van der Waals surface area contributed by atoms with Gasteiger partial charge in [-0.3, -0.25) is 0 Å². The molecule has 0 aliphatic heterocycles. The highest BCUT2D eigenvalue weighted by Crippen LogP contribution is 2.39. The molecule has 22 heavy (non-hydrogen) atoms. The van der Waals surface area contributed by atoms with Gasteiger partial charge in [0.05, 0.1) is 10.5 Å². The lowest BCUT2D eigenvalue weighted by Gasteiger charge is -1.99. The quantitative estimate of drug-likeness (QED) is 0.666. The number of H-pyrrole nitrogens is 1. The van der Waals surface area contributed by atoms with Crippen LogP contribution in [0.4, 0.5) is 18.0 Å². The molecule has 0 spiro atoms. The predicted octanol–water partition coefficient (Wildman–Crippen LogP) is 3.82. The molecule has 11 heteroatoms. The van der Waals surface area contributed by atoms with Gasteiger partial charge in [0.1, 0.15) is 10.5 Å². The average Bonchev–Trinajstić information content (AvgIpc) is 2.80. The number of nitrogens with zero attached hydrogens (tertiary/aromatic N) is 2. The number of aromatic nitrogens is 2. The number of alkyl halides is 3. The Balaban J connectivity index is 0.000000346. The molecular weight excluding hydrogens is 350 g/mol. The van der Waals surface area contributed by atoms with Gasteiger partial charge in [-0.2, -0.15) is 13.2 Å². The summed E-state index contributed by atoms with van der Waals surface area (Å²) in [5, 5.41) is 17.1. The molecule has 0 unspecified atom stereocenters. The lowest BCUT2D eigenvalue weighted by atomic mass is 10.3. The molecule has 122 valence electrons. The third-order valence-corrected chi connectivity index (χ3v) is 3.07. The van der Waals surface area contributed by atoms with E-state index in [2.05, 4.69) is 4.98 Å². The van der Waals surface area contributed by atoms with E-state index < -0.39 is 23.8 Å². The van der Waals surface area contributed by atoms with Crippen molar-refractivity contribution in [2.24, 2.45) is 0 Å². The number of halogens is 5. The molecule has 0 saturated heterocycles. The van der Waals surface area contributed by atoms with Gasteiger partial charge in [-0.25, -0.2) is 9.78 Å². The molecule has 2 rings (SSSR count). The Bertz CT molecular complexity index is 701. The smallest absolute Gasteiger partial charge is 0.449 e. The van der Waals surface area contributed by atoms with E-state index in [4.69, 9.17) is 28.3 Å². The van der Waals surface area contributed by atoms with Crippen LogP contribution in [0.15, 0.2) is 6.07 Å². The molecule has 1 heterocycles. The van der Waals surface area contributed by atoms with Crippen LogP contribution >= 0.6 is 23.2 Å². The Labute approximate surface area is 132 Å². The Hall–Kier alpha value is -1.87. The Morgan fingerprint density at radius 3 is 2.27 bits per heavy atom. The van der Waals surface area contributed by atoms with Crippen molar-refractivity contribution < 1.29 is 28.2 Å². The van der Waals surface area contributed by atoms with Gasteiger partial charge in [0.25, 0.3) is 0 Å². The standard InChI is InChI=1S/C8H3Cl2F3N2O.C3H7NO2/c9-2-1-3-5(6(16)4(2)10)15-7(14-3)8(11,12)13;1-4(2)3(5)6/h1,16H,(H,14,15);1-2H3,(H,5,6). The molecule has 6 nitrogen and oxygen atoms in total. The van der Waals surface area contributed by atoms with E-state index in [0.29, 0.717) is 0 Å². The number of rotatable bonds is 0. The van der Waals surface area contributed by atoms with E-state index in [1.165, 1.54) is 20.2 Å². The highest BCUT2D eigenvalue weighted by atomic mass is 35.5. The van der Waals surface area contributed by atoms with E-state index in [1.807, 2.05) is 4.98 Å². The summed E-state index contributed by atoms with van der Waals surface area (Å²) in [5.74, 6) is -1.79. The summed E-state index contributed by atoms with van der Waals surface area (Å²) in [5.41, 5.74) is -0.291. The number of aromatic amines is 1. The Kier molecular flexibility index (Phi) is 5.36. The molecule has 1 amide bonds. The molecule has 3 N–H and O–H groups in total. The van der Waals surface area contributed by atoms with Crippen LogP contribution in [-0.2, 0) is 6.18 Å². The third kappa shape index (κ3) is 4.08. The van der Waals surface area contributed by atoms with Crippen LogP contribution < -0.4 is 0 Å². The van der Waals surface area contributed by atoms with E-state index in [-0.39, 0.29) is 21.1 Å². The minimum absolute atomic E-state index is 0.0285. The van der Waals surface area contributed by atoms with Crippen molar-refractivity contribution in [3.63, 3.8) is 0 Å². The number of phenolic OH excluding ortho intramolecular Hbond substituents is 1. The van der Waals surface area contributed by atoms with Crippen LogP contribution in [0.2, 0.25) is 10.0 Å². The number of phenols is 1. The highest BCUT2D eigenvalue weighted by Gasteiger charge is 2.35. The third-order valence-electron chi connectivity index (χ3n) is 2.30. The summed E-state index contributed by atoms with van der Waals surface area (Å²) in [6, 6.07) is 1.17. The van der Waals surface area contributed by atoms with Crippen molar-refractivity contribution in [3.8, 4) is 5.75 Å². The zero-order valence-electron chi connectivity index (χ0n) is 11.2. The van der Waals surface area contributed by atoms with Crippen molar-refractivity contribution in [3.05, 3.63) is 21.9 Å². The van der Waals surface area contributed by atoms with E-state index in [9.17, 15) is 23.1 Å². The highest BCUT2D eigenvalue weighted by molar-refractivity contribution is 6.43. The summed E-state index contributed by atoms with van der Waals surface area (Å²) in [4.78, 5) is 15.9. The maximum absolute atomic E-state index is 12.3. The van der Waals surface area contributed by atoms with Gasteiger partial charge in [-0.05, 0) is 6.07 Å². The number of hydrogen-bond donors (Lipinski definition) is 3. The fraction of sp³-hybridized carbons (Fsp3) is 0.273. The van der Waals surface area contributed by atoms with Gasteiger partial charge in [0.15, 0.2) is 5.75 Å². The number of imidazole rings is 1. The van der Waals surface area contributed by atoms with Crippen molar-refractivity contribution in [1.29, 1.82) is 0 Å². The first kappa shape index (κ1) is 18.2. The molecule has 0 bridgehead atoms. The van der Waals surface area contributed by atoms with Crippen LogP contribution in [0.5, 0.6) is 5.75 Å². The van der Waals surface area contributed by atoms with Crippen molar-refractivity contribution >= 4 is 40.3 Å². The summed E-state index contributed by atoms with van der Waals surface area (Å²) in [7, 11) is 2.95. The molecule has 0 radical (unpaired) electrons. The van der Waals surface area contributed by atoms with Gasteiger partial charge >= 0.3 is 12.3 Å². The largest absolute Gasteiger partial charge is 0.504 e. The minimum atomic E-state index is -4.62. The number of nitrogens with one attached hydrogen (secondary N) is 1. The Morgan fingerprint density at radius 2 is 1.86 bits per heavy atom. The maximum atomic E-state index is 12.3. The molecule has 1 aromatic carbocycles. The fourth-order valence-electron chi connectivity index (χ4n) is 1.21. The van der Waals surface area contributed by atoms with E-state index in [0.717, 1.165) is 4.90 Å². The molecule has 0 fully saturated rings. The number of fused-ring (bicyclic) bond motifs is 1. The van der Waals surface area contributed by atoms with Gasteiger partial charge in [0.2, 0.25) is 5.82 Å². The molecular formula is C11H10Cl2F3N3O3. The number of carboxylic acid groups (broad SMARTS) is 1. The van der Waals surface area contributed by atoms with Gasteiger partial charge < -0.3 is 20.1 Å². The first-order chi connectivity index (χ1) is 9.95. The zero-order chi connectivity index (χ0) is 17.2. The summed E-state index contributed by atoms with van der Waals surface area (Å²) >= 11 is 11.2.